The van der Waals surface area contributed by atoms with Crippen molar-refractivity contribution >= 4 is 27.7 Å². The second-order valence-electron chi connectivity index (χ2n) is 3.88. The Morgan fingerprint density at radius 2 is 2.27 bits per heavy atom. The quantitative estimate of drug-likeness (QED) is 0.896. The number of carbonyl (C=O) groups excluding carboxylic acids is 1. The molecular formula is C11H13BrN2O. The van der Waals surface area contributed by atoms with Crippen molar-refractivity contribution in [1.82, 2.24) is 4.98 Å². The van der Waals surface area contributed by atoms with Gasteiger partial charge >= 0.3 is 0 Å². The lowest BCUT2D eigenvalue weighted by Crippen LogP contribution is -2.28. The average molecular weight is 269 g/mol. The van der Waals surface area contributed by atoms with Crippen LogP contribution in [0.2, 0.25) is 0 Å². The number of aryl methyl sites for hydroxylation is 1. The second-order valence-corrected chi connectivity index (χ2v) is 4.74. The second kappa shape index (κ2) is 4.31. The van der Waals surface area contributed by atoms with Gasteiger partial charge in [-0.2, -0.15) is 0 Å². The van der Waals surface area contributed by atoms with Gasteiger partial charge in [-0.15, -0.1) is 0 Å². The molecule has 0 atom stereocenters. The predicted octanol–water partition coefficient (Wildman–Crippen LogP) is 2.89. The Hall–Kier alpha value is -0.900. The highest BCUT2D eigenvalue weighted by Crippen LogP contribution is 2.27. The number of nitrogens with zero attached hydrogens (tertiary/aromatic N) is 1. The number of carbonyl (C=O) groups is 1. The minimum atomic E-state index is 0.107. The number of amides is 1. The number of aromatic nitrogens is 1. The third-order valence-corrected chi connectivity index (χ3v) is 3.59. The van der Waals surface area contributed by atoms with Crippen LogP contribution in [0.25, 0.3) is 0 Å². The van der Waals surface area contributed by atoms with Crippen LogP contribution in [0.1, 0.15) is 25.0 Å². The van der Waals surface area contributed by atoms with E-state index in [9.17, 15) is 4.79 Å². The molecule has 0 aliphatic heterocycles. The minimum absolute atomic E-state index is 0.107. The topological polar surface area (TPSA) is 42.0 Å². The summed E-state index contributed by atoms with van der Waals surface area (Å²) >= 11 is 3.37. The van der Waals surface area contributed by atoms with Crippen molar-refractivity contribution in [1.29, 1.82) is 0 Å². The number of anilines is 1. The number of halogens is 1. The van der Waals surface area contributed by atoms with Crippen LogP contribution in [-0.2, 0) is 4.79 Å². The molecule has 0 bridgehead atoms. The van der Waals surface area contributed by atoms with Crippen LogP contribution in [0.3, 0.4) is 0 Å². The van der Waals surface area contributed by atoms with Gasteiger partial charge in [-0.05, 0) is 47.8 Å². The summed E-state index contributed by atoms with van der Waals surface area (Å²) in [6.07, 6.45) is 3.20. The van der Waals surface area contributed by atoms with E-state index in [0.717, 1.165) is 23.0 Å². The first-order valence-corrected chi connectivity index (χ1v) is 5.90. The van der Waals surface area contributed by atoms with E-state index in [1.54, 1.807) is 0 Å². The third-order valence-electron chi connectivity index (χ3n) is 2.75. The summed E-state index contributed by atoms with van der Waals surface area (Å²) in [5.41, 5.74) is 0.890. The van der Waals surface area contributed by atoms with E-state index in [-0.39, 0.29) is 11.8 Å². The molecule has 15 heavy (non-hydrogen) atoms. The standard InChI is InChI=1S/C11H13BrN2O/c1-7-9(12)5-6-10(13-7)14-11(15)8-3-2-4-8/h5-6,8H,2-4H2,1H3,(H,13,14,15). The van der Waals surface area contributed by atoms with Crippen LogP contribution < -0.4 is 5.32 Å². The number of hydrogen-bond acceptors (Lipinski definition) is 2. The maximum absolute atomic E-state index is 11.6. The van der Waals surface area contributed by atoms with Crippen molar-refractivity contribution in [3.8, 4) is 0 Å². The molecular weight excluding hydrogens is 256 g/mol. The van der Waals surface area contributed by atoms with Gasteiger partial charge in [-0.25, -0.2) is 4.98 Å². The summed E-state index contributed by atoms with van der Waals surface area (Å²) in [6.45, 7) is 1.91. The molecule has 1 N–H and O–H groups in total. The lowest BCUT2D eigenvalue weighted by atomic mass is 9.85. The molecule has 1 saturated carbocycles. The Morgan fingerprint density at radius 1 is 1.53 bits per heavy atom. The zero-order valence-electron chi connectivity index (χ0n) is 8.59. The summed E-state index contributed by atoms with van der Waals surface area (Å²) in [5.74, 6) is 0.957. The number of nitrogens with one attached hydrogen (secondary N) is 1. The van der Waals surface area contributed by atoms with E-state index in [0.29, 0.717) is 5.82 Å². The van der Waals surface area contributed by atoms with Gasteiger partial charge in [0.2, 0.25) is 5.91 Å². The molecule has 0 spiro atoms. The minimum Gasteiger partial charge on any atom is -0.310 e. The molecule has 3 nitrogen and oxygen atoms in total. The van der Waals surface area contributed by atoms with E-state index in [2.05, 4.69) is 26.2 Å². The Kier molecular flexibility index (Phi) is 3.05. The third kappa shape index (κ3) is 2.37. The number of rotatable bonds is 2. The van der Waals surface area contributed by atoms with Crippen LogP contribution in [0, 0.1) is 12.8 Å². The first-order valence-electron chi connectivity index (χ1n) is 5.11. The molecule has 4 heteroatoms. The molecule has 1 aliphatic carbocycles. The largest absolute Gasteiger partial charge is 0.310 e. The first-order chi connectivity index (χ1) is 7.16. The smallest absolute Gasteiger partial charge is 0.228 e. The van der Waals surface area contributed by atoms with Crippen molar-refractivity contribution in [2.24, 2.45) is 5.92 Å². The maximum atomic E-state index is 11.6. The molecule has 1 aliphatic rings. The summed E-state index contributed by atoms with van der Waals surface area (Å²) < 4.78 is 0.962. The Morgan fingerprint density at radius 3 is 2.80 bits per heavy atom. The van der Waals surface area contributed by atoms with E-state index < -0.39 is 0 Å². The van der Waals surface area contributed by atoms with Crippen molar-refractivity contribution in [2.75, 3.05) is 5.32 Å². The fraction of sp³-hybridized carbons (Fsp3) is 0.455. The van der Waals surface area contributed by atoms with Crippen molar-refractivity contribution in [3.05, 3.63) is 22.3 Å². The SMILES string of the molecule is Cc1nc(NC(=O)C2CCC2)ccc1Br. The van der Waals surface area contributed by atoms with Gasteiger partial charge in [0, 0.05) is 10.4 Å². The Balaban J connectivity index is 2.03. The first kappa shape index (κ1) is 10.6. The Bertz CT molecular complexity index is 388. The van der Waals surface area contributed by atoms with E-state index >= 15 is 0 Å². The van der Waals surface area contributed by atoms with Crippen molar-refractivity contribution in [3.63, 3.8) is 0 Å². The van der Waals surface area contributed by atoms with E-state index in [1.807, 2.05) is 19.1 Å². The molecule has 0 unspecified atom stereocenters. The zero-order chi connectivity index (χ0) is 10.8. The molecule has 0 saturated heterocycles. The Labute approximate surface area is 97.4 Å². The summed E-state index contributed by atoms with van der Waals surface area (Å²) in [4.78, 5) is 15.9. The molecule has 0 aromatic carbocycles. The normalized spacial score (nSPS) is 15.9. The summed E-state index contributed by atoms with van der Waals surface area (Å²) in [5, 5.41) is 2.84. The highest BCUT2D eigenvalue weighted by Gasteiger charge is 2.25. The predicted molar refractivity (Wildman–Crippen MR) is 62.6 cm³/mol. The van der Waals surface area contributed by atoms with Crippen LogP contribution in [0.4, 0.5) is 5.82 Å². The summed E-state index contributed by atoms with van der Waals surface area (Å²) in [7, 11) is 0. The van der Waals surface area contributed by atoms with Crippen LogP contribution >= 0.6 is 15.9 Å². The van der Waals surface area contributed by atoms with Gasteiger partial charge in [0.15, 0.2) is 0 Å². The van der Waals surface area contributed by atoms with E-state index in [4.69, 9.17) is 0 Å². The van der Waals surface area contributed by atoms with Crippen LogP contribution in [0.15, 0.2) is 16.6 Å². The van der Waals surface area contributed by atoms with Gasteiger partial charge in [0.05, 0.1) is 5.69 Å². The maximum Gasteiger partial charge on any atom is 0.228 e. The number of hydrogen-bond donors (Lipinski definition) is 1. The summed E-state index contributed by atoms with van der Waals surface area (Å²) in [6, 6.07) is 3.71. The average Bonchev–Trinajstić information content (AvgIpc) is 2.08. The highest BCUT2D eigenvalue weighted by molar-refractivity contribution is 9.10. The molecule has 80 valence electrons. The highest BCUT2D eigenvalue weighted by atomic mass is 79.9. The van der Waals surface area contributed by atoms with Gasteiger partial charge in [0.25, 0.3) is 0 Å². The lowest BCUT2D eigenvalue weighted by Gasteiger charge is -2.23. The fourth-order valence-electron chi connectivity index (χ4n) is 1.51. The fourth-order valence-corrected chi connectivity index (χ4v) is 1.73. The van der Waals surface area contributed by atoms with Gasteiger partial charge in [0.1, 0.15) is 5.82 Å². The van der Waals surface area contributed by atoms with Gasteiger partial charge < -0.3 is 5.32 Å². The molecule has 1 amide bonds. The zero-order valence-corrected chi connectivity index (χ0v) is 10.2. The molecule has 0 radical (unpaired) electrons. The molecule has 1 aromatic rings. The van der Waals surface area contributed by atoms with E-state index in [1.165, 1.54) is 6.42 Å². The van der Waals surface area contributed by atoms with Crippen LogP contribution in [-0.4, -0.2) is 10.9 Å². The monoisotopic (exact) mass is 268 g/mol. The molecule has 1 fully saturated rings. The molecule has 1 aromatic heterocycles. The molecule has 2 rings (SSSR count). The molecule has 1 heterocycles. The van der Waals surface area contributed by atoms with Gasteiger partial charge in [-0.3, -0.25) is 4.79 Å². The number of pyridine rings is 1. The lowest BCUT2D eigenvalue weighted by molar-refractivity contribution is -0.122. The van der Waals surface area contributed by atoms with Crippen molar-refractivity contribution < 1.29 is 4.79 Å². The van der Waals surface area contributed by atoms with Crippen LogP contribution in [0.5, 0.6) is 0 Å². The van der Waals surface area contributed by atoms with Gasteiger partial charge in [-0.1, -0.05) is 6.42 Å². The van der Waals surface area contributed by atoms with Crippen molar-refractivity contribution in [2.45, 2.75) is 26.2 Å².